The van der Waals surface area contributed by atoms with Crippen molar-refractivity contribution in [2.75, 3.05) is 30.3 Å². The lowest BCUT2D eigenvalue weighted by Gasteiger charge is -2.18. The molecule has 2 atom stereocenters. The van der Waals surface area contributed by atoms with Crippen molar-refractivity contribution >= 4 is 17.1 Å². The smallest absolute Gasteiger partial charge is 0.273 e. The molecule has 1 fully saturated rings. The summed E-state index contributed by atoms with van der Waals surface area (Å²) in [7, 11) is 0. The van der Waals surface area contributed by atoms with Gasteiger partial charge in [0.15, 0.2) is 0 Å². The standard InChI is InChI=1S/C15H23N3O3/c1-2-16-13-6-14(8-15(7-13)18(20)21)17-9-11-4-3-5-12(11)10-19/h6-8,11-12,16-17,19H,2-5,9-10H2,1H3. The van der Waals surface area contributed by atoms with E-state index < -0.39 is 0 Å². The van der Waals surface area contributed by atoms with Gasteiger partial charge in [0.1, 0.15) is 0 Å². The van der Waals surface area contributed by atoms with Crippen LogP contribution < -0.4 is 10.6 Å². The number of nitrogens with zero attached hydrogens (tertiary/aromatic N) is 1. The number of rotatable bonds is 7. The van der Waals surface area contributed by atoms with Crippen LogP contribution in [0.3, 0.4) is 0 Å². The molecule has 0 spiro atoms. The average molecular weight is 293 g/mol. The summed E-state index contributed by atoms with van der Waals surface area (Å²) in [5.74, 6) is 0.793. The van der Waals surface area contributed by atoms with E-state index in [1.165, 1.54) is 0 Å². The van der Waals surface area contributed by atoms with Crippen molar-refractivity contribution in [3.8, 4) is 0 Å². The van der Waals surface area contributed by atoms with Gasteiger partial charge in [0, 0.05) is 43.2 Å². The van der Waals surface area contributed by atoms with E-state index in [1.807, 2.05) is 13.0 Å². The van der Waals surface area contributed by atoms with Gasteiger partial charge in [-0.1, -0.05) is 6.42 Å². The Morgan fingerprint density at radius 3 is 2.52 bits per heavy atom. The van der Waals surface area contributed by atoms with Crippen LogP contribution in [0.4, 0.5) is 17.1 Å². The molecule has 1 aromatic carbocycles. The molecule has 0 saturated heterocycles. The van der Waals surface area contributed by atoms with Crippen molar-refractivity contribution in [1.82, 2.24) is 0 Å². The fourth-order valence-corrected chi connectivity index (χ4v) is 3.00. The van der Waals surface area contributed by atoms with Gasteiger partial charge in [-0.2, -0.15) is 0 Å². The van der Waals surface area contributed by atoms with Crippen molar-refractivity contribution < 1.29 is 10.0 Å². The summed E-state index contributed by atoms with van der Waals surface area (Å²) < 4.78 is 0. The number of hydrogen-bond donors (Lipinski definition) is 3. The highest BCUT2D eigenvalue weighted by atomic mass is 16.6. The van der Waals surface area contributed by atoms with E-state index in [4.69, 9.17) is 0 Å². The van der Waals surface area contributed by atoms with Crippen LogP contribution in [0.1, 0.15) is 26.2 Å². The number of nitro groups is 1. The first-order chi connectivity index (χ1) is 10.1. The molecule has 0 heterocycles. The lowest BCUT2D eigenvalue weighted by Crippen LogP contribution is -2.20. The third kappa shape index (κ3) is 4.07. The number of benzene rings is 1. The molecule has 116 valence electrons. The molecule has 2 rings (SSSR count). The molecule has 0 bridgehead atoms. The molecule has 21 heavy (non-hydrogen) atoms. The van der Waals surface area contributed by atoms with E-state index in [2.05, 4.69) is 10.6 Å². The Morgan fingerprint density at radius 1 is 1.24 bits per heavy atom. The second-order valence-corrected chi connectivity index (χ2v) is 5.57. The molecule has 1 aliphatic carbocycles. The number of nitro benzene ring substituents is 1. The maximum Gasteiger partial charge on any atom is 0.273 e. The third-order valence-electron chi connectivity index (χ3n) is 4.13. The minimum Gasteiger partial charge on any atom is -0.396 e. The average Bonchev–Trinajstić information content (AvgIpc) is 2.92. The summed E-state index contributed by atoms with van der Waals surface area (Å²) in [4.78, 5) is 10.6. The molecule has 0 amide bonds. The number of aliphatic hydroxyl groups is 1. The zero-order valence-electron chi connectivity index (χ0n) is 12.3. The summed E-state index contributed by atoms with van der Waals surface area (Å²) in [6.45, 7) is 3.65. The lowest BCUT2D eigenvalue weighted by atomic mass is 9.97. The molecule has 0 aliphatic heterocycles. The van der Waals surface area contributed by atoms with E-state index in [0.717, 1.165) is 43.7 Å². The minimum atomic E-state index is -0.377. The highest BCUT2D eigenvalue weighted by Crippen LogP contribution is 2.32. The van der Waals surface area contributed by atoms with E-state index in [0.29, 0.717) is 11.8 Å². The lowest BCUT2D eigenvalue weighted by molar-refractivity contribution is -0.384. The molecule has 1 aromatic rings. The van der Waals surface area contributed by atoms with Crippen LogP contribution in [-0.4, -0.2) is 29.7 Å². The van der Waals surface area contributed by atoms with Crippen molar-refractivity contribution in [1.29, 1.82) is 0 Å². The van der Waals surface area contributed by atoms with Crippen molar-refractivity contribution in [2.45, 2.75) is 26.2 Å². The Kier molecular flexibility index (Phi) is 5.38. The fourth-order valence-electron chi connectivity index (χ4n) is 3.00. The summed E-state index contributed by atoms with van der Waals surface area (Å²) in [5.41, 5.74) is 1.59. The molecule has 0 aromatic heterocycles. The third-order valence-corrected chi connectivity index (χ3v) is 4.13. The Hall–Kier alpha value is -1.82. The summed E-state index contributed by atoms with van der Waals surface area (Å²) in [6.07, 6.45) is 3.32. The predicted octanol–water partition coefficient (Wildman–Crippen LogP) is 2.85. The normalized spacial score (nSPS) is 21.2. The van der Waals surface area contributed by atoms with Crippen LogP contribution in [0, 0.1) is 22.0 Å². The first-order valence-electron chi connectivity index (χ1n) is 7.52. The Morgan fingerprint density at radius 2 is 1.90 bits per heavy atom. The topological polar surface area (TPSA) is 87.4 Å². The van der Waals surface area contributed by atoms with Gasteiger partial charge >= 0.3 is 0 Å². The van der Waals surface area contributed by atoms with Crippen molar-refractivity contribution in [3.05, 3.63) is 28.3 Å². The Labute approximate surface area is 124 Å². The number of nitrogens with one attached hydrogen (secondary N) is 2. The molecule has 1 aliphatic rings. The second-order valence-electron chi connectivity index (χ2n) is 5.57. The number of aliphatic hydroxyl groups excluding tert-OH is 1. The maximum atomic E-state index is 11.0. The van der Waals surface area contributed by atoms with Gasteiger partial charge in [0.25, 0.3) is 5.69 Å². The zero-order chi connectivity index (χ0) is 15.2. The number of hydrogen-bond acceptors (Lipinski definition) is 5. The fraction of sp³-hybridized carbons (Fsp3) is 0.600. The maximum absolute atomic E-state index is 11.0. The van der Waals surface area contributed by atoms with Gasteiger partial charge in [-0.3, -0.25) is 10.1 Å². The molecule has 1 saturated carbocycles. The molecular weight excluding hydrogens is 270 g/mol. The summed E-state index contributed by atoms with van der Waals surface area (Å²) >= 11 is 0. The minimum absolute atomic E-state index is 0.0843. The first kappa shape index (κ1) is 15.6. The molecule has 3 N–H and O–H groups in total. The van der Waals surface area contributed by atoms with Crippen LogP contribution in [0.5, 0.6) is 0 Å². The van der Waals surface area contributed by atoms with Crippen LogP contribution in [0.15, 0.2) is 18.2 Å². The van der Waals surface area contributed by atoms with Gasteiger partial charge in [-0.05, 0) is 37.7 Å². The van der Waals surface area contributed by atoms with Crippen molar-refractivity contribution in [3.63, 3.8) is 0 Å². The van der Waals surface area contributed by atoms with Gasteiger partial charge in [-0.25, -0.2) is 0 Å². The second kappa shape index (κ2) is 7.26. The van der Waals surface area contributed by atoms with Crippen LogP contribution in [0.25, 0.3) is 0 Å². The number of anilines is 2. The highest BCUT2D eigenvalue weighted by molar-refractivity contribution is 5.63. The quantitative estimate of drug-likeness (QED) is 0.531. The van der Waals surface area contributed by atoms with Gasteiger partial charge < -0.3 is 15.7 Å². The highest BCUT2D eigenvalue weighted by Gasteiger charge is 2.26. The molecular formula is C15H23N3O3. The van der Waals surface area contributed by atoms with E-state index in [9.17, 15) is 15.2 Å². The van der Waals surface area contributed by atoms with Gasteiger partial charge in [0.05, 0.1) is 4.92 Å². The predicted molar refractivity (Wildman–Crippen MR) is 83.7 cm³/mol. The first-order valence-corrected chi connectivity index (χ1v) is 7.52. The van der Waals surface area contributed by atoms with Crippen LogP contribution in [0.2, 0.25) is 0 Å². The Balaban J connectivity index is 2.06. The molecule has 6 heteroatoms. The van der Waals surface area contributed by atoms with Crippen LogP contribution >= 0.6 is 0 Å². The molecule has 6 nitrogen and oxygen atoms in total. The Bertz CT molecular complexity index is 493. The van der Waals surface area contributed by atoms with Crippen molar-refractivity contribution in [2.24, 2.45) is 11.8 Å². The monoisotopic (exact) mass is 293 g/mol. The summed E-state index contributed by atoms with van der Waals surface area (Å²) in [5, 5.41) is 26.7. The van der Waals surface area contributed by atoms with Gasteiger partial charge in [-0.15, -0.1) is 0 Å². The zero-order valence-corrected chi connectivity index (χ0v) is 12.3. The van der Waals surface area contributed by atoms with E-state index in [-0.39, 0.29) is 17.2 Å². The largest absolute Gasteiger partial charge is 0.396 e. The molecule has 2 unspecified atom stereocenters. The van der Waals surface area contributed by atoms with E-state index >= 15 is 0 Å². The number of non-ortho nitro benzene ring substituents is 1. The van der Waals surface area contributed by atoms with Crippen LogP contribution in [-0.2, 0) is 0 Å². The van der Waals surface area contributed by atoms with E-state index in [1.54, 1.807) is 12.1 Å². The molecule has 0 radical (unpaired) electrons. The summed E-state index contributed by atoms with van der Waals surface area (Å²) in [6, 6.07) is 4.99. The van der Waals surface area contributed by atoms with Gasteiger partial charge in [0.2, 0.25) is 0 Å². The SMILES string of the molecule is CCNc1cc(NCC2CCCC2CO)cc([N+](=O)[O-])c1.